The number of anilines is 1. The number of nitrogen functional groups attached to an aromatic ring is 1. The van der Waals surface area contributed by atoms with Gasteiger partial charge in [0.1, 0.15) is 17.0 Å². The summed E-state index contributed by atoms with van der Waals surface area (Å²) in [4.78, 5) is 15.3. The number of hydrogen-bond acceptors (Lipinski definition) is 6. The zero-order valence-electron chi connectivity index (χ0n) is 12.9. The van der Waals surface area contributed by atoms with Gasteiger partial charge in [0.05, 0.1) is 20.8 Å². The highest BCUT2D eigenvalue weighted by molar-refractivity contribution is 8.11. The van der Waals surface area contributed by atoms with Crippen LogP contribution in [0.15, 0.2) is 59.6 Å². The Morgan fingerprint density at radius 2 is 1.96 bits per heavy atom. The lowest BCUT2D eigenvalue weighted by Gasteiger charge is -2.07. The number of benzene rings is 1. The molecule has 0 amide bonds. The van der Waals surface area contributed by atoms with Gasteiger partial charge < -0.3 is 5.73 Å². The molecule has 0 spiro atoms. The van der Waals surface area contributed by atoms with Crippen molar-refractivity contribution in [2.45, 2.75) is 0 Å². The quantitative estimate of drug-likeness (QED) is 0.519. The molecule has 0 atom stereocenters. The Labute approximate surface area is 151 Å². The van der Waals surface area contributed by atoms with E-state index < -0.39 is 0 Å². The third kappa shape index (κ3) is 2.29. The lowest BCUT2D eigenvalue weighted by molar-refractivity contribution is 1.24. The van der Waals surface area contributed by atoms with Gasteiger partial charge in [0.25, 0.3) is 0 Å². The molecule has 4 nitrogen and oxygen atoms in total. The maximum absolute atomic E-state index is 6.06. The third-order valence-electron chi connectivity index (χ3n) is 3.99. The molecule has 0 saturated carbocycles. The van der Waals surface area contributed by atoms with Crippen LogP contribution in [0.1, 0.15) is 5.69 Å². The molecule has 5 rings (SSSR count). The summed E-state index contributed by atoms with van der Waals surface area (Å²) in [5.74, 6) is 0.490. The van der Waals surface area contributed by atoms with E-state index in [1.54, 1.807) is 11.8 Å². The van der Waals surface area contributed by atoms with Gasteiger partial charge in [0, 0.05) is 10.8 Å². The summed E-state index contributed by atoms with van der Waals surface area (Å²) in [7, 11) is 0. The van der Waals surface area contributed by atoms with E-state index in [1.165, 1.54) is 17.7 Å². The fraction of sp³-hybridized carbons (Fsp3) is 0. The van der Waals surface area contributed by atoms with Crippen molar-refractivity contribution in [3.63, 3.8) is 0 Å². The first kappa shape index (κ1) is 14.5. The molecule has 2 N–H and O–H groups in total. The van der Waals surface area contributed by atoms with Crippen molar-refractivity contribution >= 4 is 54.3 Å². The van der Waals surface area contributed by atoms with Crippen molar-refractivity contribution in [2.75, 3.05) is 5.73 Å². The van der Waals surface area contributed by atoms with Crippen LogP contribution in [0, 0.1) is 0 Å². The van der Waals surface area contributed by atoms with E-state index in [-0.39, 0.29) is 0 Å². The maximum Gasteiger partial charge on any atom is 0.144 e. The number of nitrogens with two attached hydrogens (primary N) is 1. The molecule has 1 aromatic carbocycles. The Morgan fingerprint density at radius 1 is 1.08 bits per heavy atom. The molecule has 4 aromatic rings. The van der Waals surface area contributed by atoms with Crippen molar-refractivity contribution in [2.24, 2.45) is 0 Å². The predicted molar refractivity (Wildman–Crippen MR) is 105 cm³/mol. The van der Waals surface area contributed by atoms with Crippen molar-refractivity contribution in [3.05, 3.63) is 65.3 Å². The monoisotopic (exact) mass is 358 g/mol. The molecule has 0 unspecified atom stereocenters. The largest absolute Gasteiger partial charge is 0.382 e. The van der Waals surface area contributed by atoms with E-state index in [0.717, 1.165) is 42.2 Å². The fourth-order valence-electron chi connectivity index (χ4n) is 2.89. The lowest BCUT2D eigenvalue weighted by atomic mass is 10.0. The lowest BCUT2D eigenvalue weighted by Crippen LogP contribution is -1.91. The molecular weight excluding hydrogens is 348 g/mol. The van der Waals surface area contributed by atoms with Crippen molar-refractivity contribution in [1.29, 1.82) is 0 Å². The summed E-state index contributed by atoms with van der Waals surface area (Å²) in [5.41, 5.74) is 16.1. The topological polar surface area (TPSA) is 64.7 Å². The minimum Gasteiger partial charge on any atom is -0.382 e. The molecule has 4 heterocycles. The Balaban J connectivity index is 1.94. The van der Waals surface area contributed by atoms with Gasteiger partial charge in [-0.25, -0.2) is 15.0 Å². The molecule has 118 valence electrons. The average Bonchev–Trinajstić information content (AvgIpc) is 3.30. The molecule has 0 radical (unpaired) electrons. The van der Waals surface area contributed by atoms with Gasteiger partial charge in [0.15, 0.2) is 0 Å². The fourth-order valence-corrected chi connectivity index (χ4v) is 4.52. The second-order valence-corrected chi connectivity index (χ2v) is 7.35. The van der Waals surface area contributed by atoms with Crippen LogP contribution in [0.2, 0.25) is 0 Å². The molecule has 25 heavy (non-hydrogen) atoms. The second kappa shape index (κ2) is 5.59. The Hall–Kier alpha value is -2.88. The van der Waals surface area contributed by atoms with Crippen molar-refractivity contribution in [1.82, 2.24) is 15.0 Å². The highest BCUT2D eigenvalue weighted by Gasteiger charge is 2.18. The first-order valence-electron chi connectivity index (χ1n) is 7.57. The first-order valence-corrected chi connectivity index (χ1v) is 9.27. The Morgan fingerprint density at radius 3 is 2.76 bits per heavy atom. The number of hydrogen-bond donors (Lipinski definition) is 1. The zero-order chi connectivity index (χ0) is 16.8. The Kier molecular flexibility index (Phi) is 3.23. The van der Waals surface area contributed by atoms with Crippen LogP contribution >= 0.6 is 23.1 Å². The average molecular weight is 358 g/mol. The van der Waals surface area contributed by atoms with Gasteiger partial charge >= 0.3 is 0 Å². The van der Waals surface area contributed by atoms with Crippen LogP contribution < -0.4 is 5.73 Å². The van der Waals surface area contributed by atoms with Crippen LogP contribution in [0.25, 0.3) is 36.5 Å². The summed E-state index contributed by atoms with van der Waals surface area (Å²) >= 11 is 3.10. The summed E-state index contributed by atoms with van der Waals surface area (Å²) < 4.78 is 0.876. The molecule has 0 saturated heterocycles. The van der Waals surface area contributed by atoms with E-state index in [4.69, 9.17) is 10.7 Å². The molecule has 1 aliphatic rings. The smallest absolute Gasteiger partial charge is 0.144 e. The molecule has 6 heteroatoms. The van der Waals surface area contributed by atoms with E-state index in [1.807, 2.05) is 23.6 Å². The van der Waals surface area contributed by atoms with E-state index in [0.29, 0.717) is 5.82 Å². The summed E-state index contributed by atoms with van der Waals surface area (Å²) in [6.07, 6.45) is 1.51. The van der Waals surface area contributed by atoms with Gasteiger partial charge in [-0.2, -0.15) is 0 Å². The predicted octanol–water partition coefficient (Wildman–Crippen LogP) is 4.84. The SMILES string of the molecule is Nc1ncnc2c1sc1nc(C3=C=C=CS3)cc(-c3ccccc3)c12. The highest BCUT2D eigenvalue weighted by atomic mass is 32.2. The molecule has 3 aromatic heterocycles. The summed E-state index contributed by atoms with van der Waals surface area (Å²) in [6.45, 7) is 0. The van der Waals surface area contributed by atoms with Crippen LogP contribution in [-0.4, -0.2) is 15.0 Å². The van der Waals surface area contributed by atoms with E-state index in [2.05, 4.69) is 39.6 Å². The van der Waals surface area contributed by atoms with Crippen LogP contribution in [0.5, 0.6) is 0 Å². The minimum absolute atomic E-state index is 0.490. The number of rotatable bonds is 2. The highest BCUT2D eigenvalue weighted by Crippen LogP contribution is 2.42. The molecule has 0 aliphatic carbocycles. The molecule has 1 aliphatic heterocycles. The van der Waals surface area contributed by atoms with Gasteiger partial charge in [0.2, 0.25) is 0 Å². The number of thioether (sulfide) groups is 1. The normalized spacial score (nSPS) is 13.0. The van der Waals surface area contributed by atoms with Crippen LogP contribution in [0.4, 0.5) is 5.82 Å². The van der Waals surface area contributed by atoms with E-state index >= 15 is 0 Å². The van der Waals surface area contributed by atoms with Crippen LogP contribution in [-0.2, 0) is 0 Å². The standard InChI is InChI=1S/C19H10N4S2/c20-18-17-16(21-10-22-18)15-12(11-5-2-1-3-6-11)9-13(23-19(15)25-17)14-7-4-8-24-14/h1-3,5-6,8-10H,(H2,20,21,22). The van der Waals surface area contributed by atoms with Gasteiger partial charge in [-0.15, -0.1) is 11.3 Å². The number of nitrogens with zero attached hydrogens (tertiary/aromatic N) is 3. The first-order chi connectivity index (χ1) is 12.3. The van der Waals surface area contributed by atoms with Gasteiger partial charge in [-0.1, -0.05) is 53.6 Å². The van der Waals surface area contributed by atoms with Gasteiger partial charge in [-0.05, 0) is 17.2 Å². The summed E-state index contributed by atoms with van der Waals surface area (Å²) in [6, 6.07) is 12.4. The second-order valence-electron chi connectivity index (χ2n) is 5.47. The number of pyridine rings is 1. The van der Waals surface area contributed by atoms with E-state index in [9.17, 15) is 0 Å². The number of fused-ring (bicyclic) bond motifs is 3. The van der Waals surface area contributed by atoms with Crippen molar-refractivity contribution < 1.29 is 0 Å². The number of aromatic nitrogens is 3. The van der Waals surface area contributed by atoms with Crippen molar-refractivity contribution in [3.8, 4) is 11.1 Å². The summed E-state index contributed by atoms with van der Waals surface area (Å²) in [5, 5.41) is 2.90. The molecular formula is C19H10N4S2. The van der Waals surface area contributed by atoms with Gasteiger partial charge in [-0.3, -0.25) is 0 Å². The molecule has 0 fully saturated rings. The molecule has 0 bridgehead atoms. The van der Waals surface area contributed by atoms with Crippen LogP contribution in [0.3, 0.4) is 0 Å². The maximum atomic E-state index is 6.06. The third-order valence-corrected chi connectivity index (χ3v) is 5.87. The number of thiophene rings is 1. The minimum atomic E-state index is 0.490. The Bertz CT molecular complexity index is 1240. The zero-order valence-corrected chi connectivity index (χ0v) is 14.5.